The maximum absolute atomic E-state index is 5.96. The Bertz CT molecular complexity index is 89.3. The molecule has 0 aromatic carbocycles. The first-order valence-electron chi connectivity index (χ1n) is 4.16. The van der Waals surface area contributed by atoms with Gasteiger partial charge in [-0.05, 0) is 25.2 Å². The Morgan fingerprint density at radius 3 is 2.50 bits per heavy atom. The molecule has 1 aliphatic carbocycles. The lowest BCUT2D eigenvalue weighted by Crippen LogP contribution is -2.28. The van der Waals surface area contributed by atoms with E-state index in [-0.39, 0.29) is 0 Å². The van der Waals surface area contributed by atoms with Gasteiger partial charge in [-0.3, -0.25) is 0 Å². The molecule has 0 radical (unpaired) electrons. The van der Waals surface area contributed by atoms with Crippen molar-refractivity contribution in [3.63, 3.8) is 0 Å². The molecule has 1 atom stereocenters. The van der Waals surface area contributed by atoms with E-state index < -0.39 is 0 Å². The van der Waals surface area contributed by atoms with E-state index in [1.807, 2.05) is 0 Å². The van der Waals surface area contributed by atoms with E-state index in [1.54, 1.807) is 0 Å². The summed E-state index contributed by atoms with van der Waals surface area (Å²) < 4.78 is 0. The smallest absolute Gasteiger partial charge is 0.00751 e. The summed E-state index contributed by atoms with van der Waals surface area (Å²) in [6.45, 7) is 0. The summed E-state index contributed by atoms with van der Waals surface area (Å²) in [5.74, 6) is 0.831. The molecule has 1 saturated carbocycles. The Morgan fingerprint density at radius 1 is 1.40 bits per heavy atom. The van der Waals surface area contributed by atoms with E-state index >= 15 is 0 Å². The predicted octanol–water partition coefficient (Wildman–Crippen LogP) is 2.29. The second-order valence-electron chi connectivity index (χ2n) is 3.19. The summed E-state index contributed by atoms with van der Waals surface area (Å²) in [6, 6.07) is 0.460. The normalized spacial score (nSPS) is 23.4. The van der Waals surface area contributed by atoms with Crippen molar-refractivity contribution in [2.24, 2.45) is 11.7 Å². The average Bonchev–Trinajstić information content (AvgIpc) is 2.38. The van der Waals surface area contributed by atoms with E-state index in [4.69, 9.17) is 5.73 Å². The highest BCUT2D eigenvalue weighted by molar-refractivity contribution is 9.09. The van der Waals surface area contributed by atoms with E-state index in [0.29, 0.717) is 6.04 Å². The number of hydrogen-bond acceptors (Lipinski definition) is 1. The first kappa shape index (κ1) is 8.54. The average molecular weight is 206 g/mol. The molecule has 0 aromatic heterocycles. The van der Waals surface area contributed by atoms with E-state index in [9.17, 15) is 0 Å². The Labute approximate surface area is 71.5 Å². The van der Waals surface area contributed by atoms with Crippen molar-refractivity contribution >= 4 is 15.9 Å². The van der Waals surface area contributed by atoms with Crippen molar-refractivity contribution in [3.05, 3.63) is 0 Å². The molecule has 0 amide bonds. The fourth-order valence-electron chi connectivity index (χ4n) is 1.75. The highest BCUT2D eigenvalue weighted by Gasteiger charge is 2.20. The van der Waals surface area contributed by atoms with Crippen molar-refractivity contribution in [2.45, 2.75) is 38.1 Å². The first-order valence-corrected chi connectivity index (χ1v) is 5.28. The minimum atomic E-state index is 0.460. The van der Waals surface area contributed by atoms with Crippen LogP contribution < -0.4 is 5.73 Å². The highest BCUT2D eigenvalue weighted by atomic mass is 79.9. The van der Waals surface area contributed by atoms with Crippen LogP contribution >= 0.6 is 15.9 Å². The number of hydrogen-bond donors (Lipinski definition) is 1. The molecule has 0 spiro atoms. The second-order valence-corrected chi connectivity index (χ2v) is 3.98. The van der Waals surface area contributed by atoms with Gasteiger partial charge in [0.1, 0.15) is 0 Å². The first-order chi connectivity index (χ1) is 4.84. The molecule has 1 nitrogen and oxygen atoms in total. The van der Waals surface area contributed by atoms with Gasteiger partial charge in [-0.2, -0.15) is 0 Å². The van der Waals surface area contributed by atoms with Crippen molar-refractivity contribution in [2.75, 3.05) is 5.33 Å². The molecular weight excluding hydrogens is 190 g/mol. The van der Waals surface area contributed by atoms with Gasteiger partial charge in [-0.15, -0.1) is 0 Å². The Morgan fingerprint density at radius 2 is 2.00 bits per heavy atom. The zero-order valence-electron chi connectivity index (χ0n) is 6.35. The molecule has 2 heteroatoms. The second kappa shape index (κ2) is 4.35. The SMILES string of the molecule is NC(CCBr)C1CCCC1. The molecule has 0 heterocycles. The van der Waals surface area contributed by atoms with Crippen LogP contribution in [-0.2, 0) is 0 Å². The number of alkyl halides is 1. The summed E-state index contributed by atoms with van der Waals surface area (Å²) in [7, 11) is 0. The molecule has 10 heavy (non-hydrogen) atoms. The third-order valence-electron chi connectivity index (χ3n) is 2.45. The topological polar surface area (TPSA) is 26.0 Å². The zero-order valence-corrected chi connectivity index (χ0v) is 7.94. The maximum atomic E-state index is 5.96. The molecule has 1 rings (SSSR count). The van der Waals surface area contributed by atoms with E-state index in [1.165, 1.54) is 25.7 Å². The summed E-state index contributed by atoms with van der Waals surface area (Å²) in [6.07, 6.45) is 6.69. The largest absolute Gasteiger partial charge is 0.327 e. The molecule has 1 aliphatic rings. The lowest BCUT2D eigenvalue weighted by molar-refractivity contribution is 0.424. The third-order valence-corrected chi connectivity index (χ3v) is 2.91. The zero-order chi connectivity index (χ0) is 7.40. The lowest BCUT2D eigenvalue weighted by Gasteiger charge is -2.16. The molecule has 0 bridgehead atoms. The van der Waals surface area contributed by atoms with Gasteiger partial charge < -0.3 is 5.73 Å². The lowest BCUT2D eigenvalue weighted by atomic mass is 9.97. The van der Waals surface area contributed by atoms with Crippen LogP contribution in [0.4, 0.5) is 0 Å². The molecule has 1 fully saturated rings. The van der Waals surface area contributed by atoms with Crippen molar-refractivity contribution < 1.29 is 0 Å². The van der Waals surface area contributed by atoms with Gasteiger partial charge in [0.15, 0.2) is 0 Å². The van der Waals surface area contributed by atoms with E-state index in [0.717, 1.165) is 17.7 Å². The van der Waals surface area contributed by atoms with E-state index in [2.05, 4.69) is 15.9 Å². The van der Waals surface area contributed by atoms with Gasteiger partial charge >= 0.3 is 0 Å². The van der Waals surface area contributed by atoms with Gasteiger partial charge in [-0.1, -0.05) is 28.8 Å². The van der Waals surface area contributed by atoms with Crippen LogP contribution in [0.1, 0.15) is 32.1 Å². The molecule has 0 saturated heterocycles. The maximum Gasteiger partial charge on any atom is 0.00751 e. The highest BCUT2D eigenvalue weighted by Crippen LogP contribution is 2.27. The molecule has 0 aliphatic heterocycles. The van der Waals surface area contributed by atoms with Crippen molar-refractivity contribution in [3.8, 4) is 0 Å². The summed E-state index contributed by atoms with van der Waals surface area (Å²) in [4.78, 5) is 0. The van der Waals surface area contributed by atoms with Gasteiger partial charge in [-0.25, -0.2) is 0 Å². The van der Waals surface area contributed by atoms with Gasteiger partial charge in [0.25, 0.3) is 0 Å². The minimum Gasteiger partial charge on any atom is -0.327 e. The molecule has 60 valence electrons. The van der Waals surface area contributed by atoms with Crippen molar-refractivity contribution in [1.29, 1.82) is 0 Å². The van der Waals surface area contributed by atoms with Crippen LogP contribution in [-0.4, -0.2) is 11.4 Å². The molecular formula is C8H16BrN. The summed E-state index contributed by atoms with van der Waals surface area (Å²) in [5.41, 5.74) is 5.96. The van der Waals surface area contributed by atoms with Crippen LogP contribution in [0.15, 0.2) is 0 Å². The van der Waals surface area contributed by atoms with Gasteiger partial charge in [0, 0.05) is 11.4 Å². The standard InChI is InChI=1S/C8H16BrN/c9-6-5-8(10)7-3-1-2-4-7/h7-8H,1-6,10H2. The Hall–Kier alpha value is 0.440. The van der Waals surface area contributed by atoms with Gasteiger partial charge in [0.05, 0.1) is 0 Å². The number of nitrogens with two attached hydrogens (primary N) is 1. The minimum absolute atomic E-state index is 0.460. The third kappa shape index (κ3) is 2.24. The van der Waals surface area contributed by atoms with Gasteiger partial charge in [0.2, 0.25) is 0 Å². The molecule has 0 aromatic rings. The molecule has 2 N–H and O–H groups in total. The van der Waals surface area contributed by atoms with Crippen LogP contribution in [0, 0.1) is 5.92 Å². The fourth-order valence-corrected chi connectivity index (χ4v) is 2.28. The number of rotatable bonds is 3. The number of halogens is 1. The Balaban J connectivity index is 2.18. The quantitative estimate of drug-likeness (QED) is 0.704. The summed E-state index contributed by atoms with van der Waals surface area (Å²) in [5, 5.41) is 1.06. The van der Waals surface area contributed by atoms with Crippen LogP contribution in [0.2, 0.25) is 0 Å². The van der Waals surface area contributed by atoms with Crippen LogP contribution in [0.5, 0.6) is 0 Å². The monoisotopic (exact) mass is 205 g/mol. The van der Waals surface area contributed by atoms with Crippen molar-refractivity contribution in [1.82, 2.24) is 0 Å². The Kier molecular flexibility index (Phi) is 3.71. The van der Waals surface area contributed by atoms with Crippen LogP contribution in [0.3, 0.4) is 0 Å². The summed E-state index contributed by atoms with van der Waals surface area (Å²) >= 11 is 3.42. The predicted molar refractivity (Wildman–Crippen MR) is 48.3 cm³/mol. The fraction of sp³-hybridized carbons (Fsp3) is 1.00. The van der Waals surface area contributed by atoms with Crippen LogP contribution in [0.25, 0.3) is 0 Å². The molecule has 1 unspecified atom stereocenters.